The quantitative estimate of drug-likeness (QED) is 0.825. The largest absolute Gasteiger partial charge is 0.398 e. The topological polar surface area (TPSA) is 72.2 Å². The van der Waals surface area contributed by atoms with E-state index in [1.54, 1.807) is 25.1 Å². The number of halogens is 1. The summed E-state index contributed by atoms with van der Waals surface area (Å²) in [5.41, 5.74) is 5.89. The third-order valence-corrected chi connectivity index (χ3v) is 4.52. The molecule has 0 aliphatic heterocycles. The van der Waals surface area contributed by atoms with E-state index in [0.29, 0.717) is 10.6 Å². The summed E-state index contributed by atoms with van der Waals surface area (Å²) >= 11 is 3.31. The molecule has 6 heteroatoms. The number of nitrogens with one attached hydrogen (secondary N) is 1. The zero-order valence-electron chi connectivity index (χ0n) is 11.5. The highest BCUT2D eigenvalue weighted by Crippen LogP contribution is 2.24. The van der Waals surface area contributed by atoms with Gasteiger partial charge in [0.05, 0.1) is 15.7 Å². The molecule has 0 saturated carbocycles. The molecular formula is C13H19BrN2O2S. The van der Waals surface area contributed by atoms with E-state index in [1.165, 1.54) is 0 Å². The number of hydrogen-bond acceptors (Lipinski definition) is 3. The van der Waals surface area contributed by atoms with Crippen molar-refractivity contribution in [1.29, 1.82) is 0 Å². The smallest absolute Gasteiger partial charge is 0.236 e. The fraction of sp³-hybridized carbons (Fsp3) is 0.462. The number of hydrogen-bond donors (Lipinski definition) is 2. The van der Waals surface area contributed by atoms with Crippen LogP contribution >= 0.6 is 15.9 Å². The summed E-state index contributed by atoms with van der Waals surface area (Å²) in [5, 5.41) is 2.16. The summed E-state index contributed by atoms with van der Waals surface area (Å²) in [4.78, 5) is 12.5. The van der Waals surface area contributed by atoms with Gasteiger partial charge in [0.25, 0.3) is 0 Å². The van der Waals surface area contributed by atoms with Crippen molar-refractivity contribution in [2.45, 2.75) is 43.4 Å². The van der Waals surface area contributed by atoms with Gasteiger partial charge in [0, 0.05) is 15.7 Å². The van der Waals surface area contributed by atoms with Crippen molar-refractivity contribution in [3.8, 4) is 0 Å². The Labute approximate surface area is 124 Å². The lowest BCUT2D eigenvalue weighted by molar-refractivity contribution is -0.121. The lowest BCUT2D eigenvalue weighted by atomic mass is 10.1. The first kappa shape index (κ1) is 16.2. The van der Waals surface area contributed by atoms with E-state index in [-0.39, 0.29) is 11.4 Å². The average Bonchev–Trinajstić information content (AvgIpc) is 2.28. The third kappa shape index (κ3) is 4.62. The van der Waals surface area contributed by atoms with Gasteiger partial charge in [-0.2, -0.15) is 0 Å². The molecule has 0 spiro atoms. The second-order valence-corrected chi connectivity index (χ2v) is 8.02. The lowest BCUT2D eigenvalue weighted by Crippen LogP contribution is -2.46. The monoisotopic (exact) mass is 346 g/mol. The standard InChI is InChI=1S/C13H19BrN2O2S/c1-8(12(17)16-13(2,3)4)19(18)11-7-9(14)5-6-10(11)15/h5-8H,15H2,1-4H3,(H,16,17). The van der Waals surface area contributed by atoms with Crippen molar-refractivity contribution in [3.05, 3.63) is 22.7 Å². The van der Waals surface area contributed by atoms with Gasteiger partial charge in [-0.15, -0.1) is 0 Å². The Balaban J connectivity index is 2.94. The number of amides is 1. The van der Waals surface area contributed by atoms with Gasteiger partial charge in [0.1, 0.15) is 5.25 Å². The number of anilines is 1. The van der Waals surface area contributed by atoms with Gasteiger partial charge in [-0.1, -0.05) is 15.9 Å². The normalized spacial score (nSPS) is 14.8. The highest BCUT2D eigenvalue weighted by Gasteiger charge is 2.26. The Morgan fingerprint density at radius 1 is 1.42 bits per heavy atom. The van der Waals surface area contributed by atoms with Crippen LogP contribution in [-0.2, 0) is 15.6 Å². The van der Waals surface area contributed by atoms with Gasteiger partial charge in [-0.3, -0.25) is 9.00 Å². The van der Waals surface area contributed by atoms with E-state index in [9.17, 15) is 9.00 Å². The van der Waals surface area contributed by atoms with Crippen LogP contribution in [0.1, 0.15) is 27.7 Å². The highest BCUT2D eigenvalue weighted by atomic mass is 79.9. The molecule has 2 atom stereocenters. The fourth-order valence-electron chi connectivity index (χ4n) is 1.44. The molecule has 19 heavy (non-hydrogen) atoms. The van der Waals surface area contributed by atoms with Gasteiger partial charge in [0.15, 0.2) is 0 Å². The van der Waals surface area contributed by atoms with Gasteiger partial charge in [-0.25, -0.2) is 0 Å². The molecule has 0 saturated heterocycles. The van der Waals surface area contributed by atoms with Crippen LogP contribution in [0.2, 0.25) is 0 Å². The molecule has 1 aromatic rings. The molecule has 1 rings (SSSR count). The third-order valence-electron chi connectivity index (χ3n) is 2.38. The van der Waals surface area contributed by atoms with Crippen LogP contribution in [0.15, 0.2) is 27.6 Å². The molecule has 1 amide bonds. The SMILES string of the molecule is CC(C(=O)NC(C)(C)C)S(=O)c1cc(Br)ccc1N. The second kappa shape index (κ2) is 6.05. The van der Waals surface area contributed by atoms with Crippen LogP contribution in [0.4, 0.5) is 5.69 Å². The first-order valence-corrected chi connectivity index (χ1v) is 7.90. The number of carbonyl (C=O) groups is 1. The minimum absolute atomic E-state index is 0.245. The predicted molar refractivity (Wildman–Crippen MR) is 82.3 cm³/mol. The minimum atomic E-state index is -1.48. The number of carbonyl (C=O) groups excluding carboxylic acids is 1. The van der Waals surface area contributed by atoms with E-state index < -0.39 is 16.0 Å². The Kier molecular flexibility index (Phi) is 5.15. The van der Waals surface area contributed by atoms with E-state index in [4.69, 9.17) is 5.73 Å². The van der Waals surface area contributed by atoms with Crippen LogP contribution < -0.4 is 11.1 Å². The Hall–Kier alpha value is -0.880. The first-order valence-electron chi connectivity index (χ1n) is 5.89. The number of nitrogens with two attached hydrogens (primary N) is 1. The summed E-state index contributed by atoms with van der Waals surface area (Å²) in [6.45, 7) is 7.29. The van der Waals surface area contributed by atoms with Gasteiger partial charge in [0.2, 0.25) is 5.91 Å². The molecule has 0 aliphatic rings. The molecule has 4 nitrogen and oxygen atoms in total. The van der Waals surface area contributed by atoms with Gasteiger partial charge in [-0.05, 0) is 45.9 Å². The summed E-state index contributed by atoms with van der Waals surface area (Å²) in [6.07, 6.45) is 0. The summed E-state index contributed by atoms with van der Waals surface area (Å²) < 4.78 is 13.2. The summed E-state index contributed by atoms with van der Waals surface area (Å²) in [5.74, 6) is -0.245. The molecule has 0 heterocycles. The van der Waals surface area contributed by atoms with Crippen LogP contribution in [0, 0.1) is 0 Å². The van der Waals surface area contributed by atoms with Crippen molar-refractivity contribution in [2.24, 2.45) is 0 Å². The zero-order valence-corrected chi connectivity index (χ0v) is 13.9. The number of nitrogen functional groups attached to an aromatic ring is 1. The molecular weight excluding hydrogens is 328 g/mol. The molecule has 0 aromatic heterocycles. The molecule has 106 valence electrons. The van der Waals surface area contributed by atoms with Gasteiger partial charge < -0.3 is 11.1 Å². The van der Waals surface area contributed by atoms with Crippen molar-refractivity contribution in [1.82, 2.24) is 5.32 Å². The van der Waals surface area contributed by atoms with Crippen molar-refractivity contribution < 1.29 is 9.00 Å². The predicted octanol–water partition coefficient (Wildman–Crippen LogP) is 2.44. The maximum Gasteiger partial charge on any atom is 0.236 e. The van der Waals surface area contributed by atoms with Crippen LogP contribution in [0.25, 0.3) is 0 Å². The van der Waals surface area contributed by atoms with Crippen molar-refractivity contribution in [3.63, 3.8) is 0 Å². The average molecular weight is 347 g/mol. The maximum atomic E-state index is 12.4. The molecule has 0 aliphatic carbocycles. The second-order valence-electron chi connectivity index (χ2n) is 5.36. The van der Waals surface area contributed by atoms with E-state index in [1.807, 2.05) is 20.8 Å². The number of rotatable bonds is 3. The van der Waals surface area contributed by atoms with Crippen molar-refractivity contribution >= 4 is 38.3 Å². The van der Waals surface area contributed by atoms with E-state index >= 15 is 0 Å². The van der Waals surface area contributed by atoms with E-state index in [2.05, 4.69) is 21.2 Å². The summed E-state index contributed by atoms with van der Waals surface area (Å²) in [6, 6.07) is 5.13. The molecule has 0 fully saturated rings. The first-order chi connectivity index (χ1) is 8.61. The van der Waals surface area contributed by atoms with Crippen molar-refractivity contribution in [2.75, 3.05) is 5.73 Å². The summed E-state index contributed by atoms with van der Waals surface area (Å²) in [7, 11) is -1.48. The molecule has 0 radical (unpaired) electrons. The highest BCUT2D eigenvalue weighted by molar-refractivity contribution is 9.10. The van der Waals surface area contributed by atoms with Crippen LogP contribution in [-0.4, -0.2) is 20.9 Å². The van der Waals surface area contributed by atoms with Crippen LogP contribution in [0.5, 0.6) is 0 Å². The fourth-order valence-corrected chi connectivity index (χ4v) is 3.13. The minimum Gasteiger partial charge on any atom is -0.398 e. The zero-order chi connectivity index (χ0) is 14.8. The van der Waals surface area contributed by atoms with E-state index in [0.717, 1.165) is 4.47 Å². The molecule has 3 N–H and O–H groups in total. The Morgan fingerprint density at radius 3 is 2.53 bits per heavy atom. The maximum absolute atomic E-state index is 12.4. The molecule has 2 unspecified atom stereocenters. The Morgan fingerprint density at radius 2 is 2.00 bits per heavy atom. The molecule has 0 bridgehead atoms. The number of benzene rings is 1. The Bertz CT molecular complexity index is 512. The van der Waals surface area contributed by atoms with Crippen LogP contribution in [0.3, 0.4) is 0 Å². The van der Waals surface area contributed by atoms with Gasteiger partial charge >= 0.3 is 0 Å². The molecule has 1 aromatic carbocycles. The lowest BCUT2D eigenvalue weighted by Gasteiger charge is -2.23.